The quantitative estimate of drug-likeness (QED) is 0.144. The molecule has 1 N–H and O–H groups in total. The minimum atomic E-state index is -0.857. The molecule has 0 atom stereocenters. The summed E-state index contributed by atoms with van der Waals surface area (Å²) in [5, 5.41) is 3.06. The summed E-state index contributed by atoms with van der Waals surface area (Å²) >= 11 is 12.5. The number of carbonyl (C=O) groups excluding carboxylic acids is 3. The number of anilines is 1. The first kappa shape index (κ1) is 30.7. The van der Waals surface area contributed by atoms with Crippen LogP contribution in [0.4, 0.5) is 10.5 Å². The van der Waals surface area contributed by atoms with E-state index in [9.17, 15) is 14.4 Å². The molecule has 1 saturated heterocycles. The topological polar surface area (TPSA) is 94.2 Å². The zero-order valence-electron chi connectivity index (χ0n) is 23.9. The van der Waals surface area contributed by atoms with Crippen LogP contribution >= 0.6 is 23.2 Å². The number of halogens is 2. The van der Waals surface area contributed by atoms with Crippen LogP contribution in [0.1, 0.15) is 29.2 Å². The summed E-state index contributed by atoms with van der Waals surface area (Å²) in [4.78, 5) is 39.9. The number of hydrogen-bond acceptors (Lipinski definition) is 6. The Labute approximate surface area is 264 Å². The number of nitrogens with zero attached hydrogens (tertiary/aromatic N) is 1. The van der Waals surface area contributed by atoms with Gasteiger partial charge < -0.3 is 14.2 Å². The Hall–Kier alpha value is -4.79. The second-order valence-electron chi connectivity index (χ2n) is 9.90. The Balaban J connectivity index is 1.35. The van der Waals surface area contributed by atoms with Crippen LogP contribution in [0.2, 0.25) is 10.0 Å². The number of aryl methyl sites for hydroxylation is 1. The van der Waals surface area contributed by atoms with E-state index in [-0.39, 0.29) is 22.9 Å². The first-order chi connectivity index (χ1) is 21.2. The van der Waals surface area contributed by atoms with Gasteiger partial charge in [0.2, 0.25) is 0 Å². The van der Waals surface area contributed by atoms with Crippen molar-refractivity contribution in [2.45, 2.75) is 27.1 Å². The van der Waals surface area contributed by atoms with E-state index in [1.54, 1.807) is 48.5 Å². The van der Waals surface area contributed by atoms with Gasteiger partial charge in [0, 0.05) is 5.02 Å². The number of nitrogens with one attached hydrogen (secondary N) is 1. The van der Waals surface area contributed by atoms with E-state index >= 15 is 0 Å². The highest BCUT2D eigenvalue weighted by Crippen LogP contribution is 2.38. The Morgan fingerprint density at radius 1 is 0.795 bits per heavy atom. The van der Waals surface area contributed by atoms with Crippen molar-refractivity contribution in [2.75, 3.05) is 11.5 Å². The Bertz CT molecular complexity index is 1720. The Morgan fingerprint density at radius 3 is 2.09 bits per heavy atom. The maximum absolute atomic E-state index is 13.5. The molecule has 4 aromatic rings. The van der Waals surface area contributed by atoms with E-state index in [0.717, 1.165) is 21.6 Å². The summed E-state index contributed by atoms with van der Waals surface area (Å²) in [6.45, 7) is 4.72. The van der Waals surface area contributed by atoms with Crippen molar-refractivity contribution in [3.05, 3.63) is 123 Å². The number of hydrogen-bond donors (Lipinski definition) is 1. The van der Waals surface area contributed by atoms with Gasteiger partial charge in [0.15, 0.2) is 11.5 Å². The summed E-state index contributed by atoms with van der Waals surface area (Å²) in [5.41, 5.74) is 3.46. The van der Waals surface area contributed by atoms with Gasteiger partial charge in [0.25, 0.3) is 11.8 Å². The molecule has 1 heterocycles. The number of rotatable bonds is 10. The standard InChI is InChI=1S/C34H28Cl2N2O6/c1-3-42-30-18-24(17-29(36)31(30)44-20-23-8-10-25(35)11-9-23)16-28-32(39)37-34(41)38(33(28)40)26-12-14-27(15-13-26)43-19-22-6-4-21(2)5-7-22/h4-18H,3,19-20H2,1-2H3,(H,37,39,41)/b28-16+. The molecule has 0 radical (unpaired) electrons. The molecule has 10 heteroatoms. The average Bonchev–Trinajstić information content (AvgIpc) is 3.00. The highest BCUT2D eigenvalue weighted by atomic mass is 35.5. The molecule has 5 rings (SSSR count). The first-order valence-corrected chi connectivity index (χ1v) is 14.5. The van der Waals surface area contributed by atoms with Crippen molar-refractivity contribution in [3.63, 3.8) is 0 Å². The summed E-state index contributed by atoms with van der Waals surface area (Å²) in [5.74, 6) is -0.414. The molecule has 8 nitrogen and oxygen atoms in total. The van der Waals surface area contributed by atoms with Crippen LogP contribution in [-0.4, -0.2) is 24.5 Å². The predicted octanol–water partition coefficient (Wildman–Crippen LogP) is 7.52. The molecular weight excluding hydrogens is 603 g/mol. The number of barbiturate groups is 1. The molecule has 1 fully saturated rings. The Morgan fingerprint density at radius 2 is 1.43 bits per heavy atom. The van der Waals surface area contributed by atoms with Crippen LogP contribution in [0, 0.1) is 6.92 Å². The fraction of sp³-hybridized carbons (Fsp3) is 0.147. The summed E-state index contributed by atoms with van der Waals surface area (Å²) < 4.78 is 17.5. The fourth-order valence-corrected chi connectivity index (χ4v) is 4.81. The third-order valence-electron chi connectivity index (χ3n) is 6.66. The molecule has 4 aromatic carbocycles. The van der Waals surface area contributed by atoms with E-state index < -0.39 is 17.8 Å². The molecule has 0 aromatic heterocycles. The van der Waals surface area contributed by atoms with Crippen LogP contribution in [0.15, 0.2) is 90.5 Å². The molecular formula is C34H28Cl2N2O6. The SMILES string of the molecule is CCOc1cc(/C=C2\C(=O)NC(=O)N(c3ccc(OCc4ccc(C)cc4)cc3)C2=O)cc(Cl)c1OCc1ccc(Cl)cc1. The van der Waals surface area contributed by atoms with Crippen LogP contribution in [0.25, 0.3) is 6.08 Å². The number of carbonyl (C=O) groups is 3. The highest BCUT2D eigenvalue weighted by Gasteiger charge is 2.37. The summed E-state index contributed by atoms with van der Waals surface area (Å²) in [6, 6.07) is 23.9. The largest absolute Gasteiger partial charge is 0.490 e. The number of imide groups is 2. The zero-order chi connectivity index (χ0) is 31.2. The van der Waals surface area contributed by atoms with Crippen LogP contribution in [-0.2, 0) is 22.8 Å². The molecule has 0 spiro atoms. The van der Waals surface area contributed by atoms with Gasteiger partial charge in [0.1, 0.15) is 24.5 Å². The van der Waals surface area contributed by atoms with E-state index in [2.05, 4.69) is 5.32 Å². The van der Waals surface area contributed by atoms with Crippen molar-refractivity contribution in [1.29, 1.82) is 0 Å². The number of ether oxygens (including phenoxy) is 3. The van der Waals surface area contributed by atoms with Crippen molar-refractivity contribution < 1.29 is 28.6 Å². The van der Waals surface area contributed by atoms with E-state index in [0.29, 0.717) is 41.0 Å². The molecule has 0 saturated carbocycles. The van der Waals surface area contributed by atoms with E-state index in [1.807, 2.05) is 50.2 Å². The number of amides is 4. The number of benzene rings is 4. The lowest BCUT2D eigenvalue weighted by molar-refractivity contribution is -0.122. The molecule has 0 aliphatic carbocycles. The maximum Gasteiger partial charge on any atom is 0.335 e. The molecule has 224 valence electrons. The van der Waals surface area contributed by atoms with Gasteiger partial charge in [-0.15, -0.1) is 0 Å². The van der Waals surface area contributed by atoms with Crippen molar-refractivity contribution in [1.82, 2.24) is 5.32 Å². The summed E-state index contributed by atoms with van der Waals surface area (Å²) in [6.07, 6.45) is 1.35. The van der Waals surface area contributed by atoms with Crippen LogP contribution < -0.4 is 24.4 Å². The average molecular weight is 632 g/mol. The van der Waals surface area contributed by atoms with Crippen molar-refractivity contribution >= 4 is 52.8 Å². The lowest BCUT2D eigenvalue weighted by Gasteiger charge is -2.26. The monoisotopic (exact) mass is 630 g/mol. The zero-order valence-corrected chi connectivity index (χ0v) is 25.4. The van der Waals surface area contributed by atoms with Gasteiger partial charge >= 0.3 is 6.03 Å². The normalized spacial score (nSPS) is 14.0. The van der Waals surface area contributed by atoms with Gasteiger partial charge in [-0.2, -0.15) is 0 Å². The second-order valence-corrected chi connectivity index (χ2v) is 10.7. The van der Waals surface area contributed by atoms with Gasteiger partial charge in [-0.3, -0.25) is 14.9 Å². The smallest absolute Gasteiger partial charge is 0.335 e. The third kappa shape index (κ3) is 7.22. The minimum Gasteiger partial charge on any atom is -0.490 e. The van der Waals surface area contributed by atoms with Crippen molar-refractivity contribution in [2.24, 2.45) is 0 Å². The maximum atomic E-state index is 13.5. The van der Waals surface area contributed by atoms with Gasteiger partial charge in [-0.1, -0.05) is 65.2 Å². The first-order valence-electron chi connectivity index (χ1n) is 13.7. The minimum absolute atomic E-state index is 0.213. The van der Waals surface area contributed by atoms with Crippen LogP contribution in [0.5, 0.6) is 17.2 Å². The van der Waals surface area contributed by atoms with Crippen LogP contribution in [0.3, 0.4) is 0 Å². The molecule has 44 heavy (non-hydrogen) atoms. The van der Waals surface area contributed by atoms with E-state index in [1.165, 1.54) is 6.08 Å². The molecule has 0 bridgehead atoms. The number of urea groups is 1. The summed E-state index contributed by atoms with van der Waals surface area (Å²) in [7, 11) is 0. The van der Waals surface area contributed by atoms with Gasteiger partial charge in [-0.05, 0) is 85.1 Å². The molecule has 0 unspecified atom stereocenters. The highest BCUT2D eigenvalue weighted by molar-refractivity contribution is 6.39. The lowest BCUT2D eigenvalue weighted by Crippen LogP contribution is -2.54. The molecule has 1 aliphatic rings. The molecule has 4 amide bonds. The van der Waals surface area contributed by atoms with Crippen molar-refractivity contribution in [3.8, 4) is 17.2 Å². The van der Waals surface area contributed by atoms with Gasteiger partial charge in [-0.25, -0.2) is 9.69 Å². The van der Waals surface area contributed by atoms with E-state index in [4.69, 9.17) is 37.4 Å². The molecule has 1 aliphatic heterocycles. The second kappa shape index (κ2) is 13.7. The van der Waals surface area contributed by atoms with Gasteiger partial charge in [0.05, 0.1) is 17.3 Å². The lowest BCUT2D eigenvalue weighted by atomic mass is 10.1. The Kier molecular flexibility index (Phi) is 9.53. The fourth-order valence-electron chi connectivity index (χ4n) is 4.41. The predicted molar refractivity (Wildman–Crippen MR) is 169 cm³/mol. The third-order valence-corrected chi connectivity index (χ3v) is 7.19.